The van der Waals surface area contributed by atoms with Crippen molar-refractivity contribution in [2.45, 2.75) is 28.6 Å². The Hall–Kier alpha value is -2.71. The Kier molecular flexibility index (Phi) is 5.77. The number of ether oxygens (including phenoxy) is 1. The number of nitrogens with zero attached hydrogens (tertiary/aromatic N) is 1. The maximum atomic E-state index is 14.2. The van der Waals surface area contributed by atoms with E-state index in [1.807, 2.05) is 6.92 Å². The number of benzene rings is 2. The van der Waals surface area contributed by atoms with Crippen LogP contribution in [0.1, 0.15) is 15.9 Å². The molecule has 3 rings (SSSR count). The van der Waals surface area contributed by atoms with Gasteiger partial charge in [0.1, 0.15) is 15.8 Å². The van der Waals surface area contributed by atoms with Gasteiger partial charge in [-0.3, -0.25) is 9.36 Å². The Bertz CT molecular complexity index is 1030. The van der Waals surface area contributed by atoms with Crippen molar-refractivity contribution in [1.82, 2.24) is 4.57 Å². The topological polar surface area (TPSA) is 48.3 Å². The van der Waals surface area contributed by atoms with E-state index >= 15 is 0 Å². The fourth-order valence-corrected chi connectivity index (χ4v) is 4.19. The summed E-state index contributed by atoms with van der Waals surface area (Å²) in [5.41, 5.74) is -2.66. The number of carbonyl (C=O) groups excluding carboxylic acids is 1. The van der Waals surface area contributed by atoms with Gasteiger partial charge < -0.3 is 4.74 Å². The quantitative estimate of drug-likeness (QED) is 0.600. The third kappa shape index (κ3) is 3.65. The number of hydrogen-bond donors (Lipinski definition) is 0. The predicted molar refractivity (Wildman–Crippen MR) is 102 cm³/mol. The largest absolute Gasteiger partial charge is 0.431 e. The molecule has 3 aromatic rings. The number of methoxy groups -OCH3 is 1. The van der Waals surface area contributed by atoms with Gasteiger partial charge in [0.05, 0.1) is 0 Å². The van der Waals surface area contributed by atoms with E-state index in [0.717, 1.165) is 23.4 Å². The second-order valence-electron chi connectivity index (χ2n) is 6.35. The molecule has 0 saturated carbocycles. The summed E-state index contributed by atoms with van der Waals surface area (Å²) < 4.78 is 61.1. The molecule has 0 fully saturated rings. The lowest BCUT2D eigenvalue weighted by Gasteiger charge is -2.33. The van der Waals surface area contributed by atoms with Crippen molar-refractivity contribution >= 4 is 16.7 Å². The number of alkyl halides is 3. The van der Waals surface area contributed by atoms with Gasteiger partial charge in [0.25, 0.3) is 11.5 Å². The third-order valence-corrected chi connectivity index (χ3v) is 5.96. The van der Waals surface area contributed by atoms with Crippen molar-refractivity contribution in [3.8, 4) is 0 Å². The van der Waals surface area contributed by atoms with Crippen molar-refractivity contribution in [3.63, 3.8) is 0 Å². The first-order valence-electron chi connectivity index (χ1n) is 8.60. The summed E-state index contributed by atoms with van der Waals surface area (Å²) >= 11 is 0. The first-order valence-corrected chi connectivity index (χ1v) is 9.75. The molecule has 8 heteroatoms. The highest BCUT2D eigenvalue weighted by molar-refractivity contribution is 7.85. The average Bonchev–Trinajstić information content (AvgIpc) is 3.18. The molecule has 0 aliphatic rings. The molecule has 0 spiro atoms. The molecule has 29 heavy (non-hydrogen) atoms. The smallest absolute Gasteiger partial charge is 0.356 e. The van der Waals surface area contributed by atoms with Crippen LogP contribution in [0.15, 0.2) is 82.8 Å². The SMILES string of the molecule is CO[C@](C(=O)n1cccc1S(=O)c1ccc(C)cc1)(c1ccccc1)C(F)(F)F. The molecule has 0 aliphatic carbocycles. The van der Waals surface area contributed by atoms with E-state index in [2.05, 4.69) is 0 Å². The van der Waals surface area contributed by atoms with Crippen molar-refractivity contribution in [2.75, 3.05) is 7.11 Å². The maximum Gasteiger partial charge on any atom is 0.431 e. The maximum absolute atomic E-state index is 14.2. The van der Waals surface area contributed by atoms with Crippen LogP contribution in [0.4, 0.5) is 13.2 Å². The molecule has 0 aliphatic heterocycles. The molecular formula is C21H18F3NO3S. The van der Waals surface area contributed by atoms with E-state index in [4.69, 9.17) is 4.74 Å². The molecule has 1 heterocycles. The van der Waals surface area contributed by atoms with Gasteiger partial charge in [-0.25, -0.2) is 4.21 Å². The summed E-state index contributed by atoms with van der Waals surface area (Å²) in [7, 11) is -1.02. The summed E-state index contributed by atoms with van der Waals surface area (Å²) in [6.07, 6.45) is -3.89. The van der Waals surface area contributed by atoms with Gasteiger partial charge in [-0.15, -0.1) is 0 Å². The van der Waals surface area contributed by atoms with Crippen LogP contribution in [0.3, 0.4) is 0 Å². The second kappa shape index (κ2) is 7.96. The second-order valence-corrected chi connectivity index (χ2v) is 7.78. The Morgan fingerprint density at radius 3 is 2.14 bits per heavy atom. The minimum absolute atomic E-state index is 0.0690. The number of rotatable bonds is 5. The monoisotopic (exact) mass is 421 g/mol. The van der Waals surface area contributed by atoms with Crippen LogP contribution >= 0.6 is 0 Å². The Morgan fingerprint density at radius 2 is 1.59 bits per heavy atom. The minimum atomic E-state index is -5.05. The minimum Gasteiger partial charge on any atom is -0.356 e. The highest BCUT2D eigenvalue weighted by Gasteiger charge is 2.63. The first-order chi connectivity index (χ1) is 13.7. The van der Waals surface area contributed by atoms with Crippen molar-refractivity contribution < 1.29 is 26.9 Å². The van der Waals surface area contributed by atoms with Crippen molar-refractivity contribution in [2.24, 2.45) is 0 Å². The lowest BCUT2D eigenvalue weighted by Crippen LogP contribution is -2.53. The van der Waals surface area contributed by atoms with Crippen LogP contribution < -0.4 is 0 Å². The Morgan fingerprint density at radius 1 is 0.966 bits per heavy atom. The van der Waals surface area contributed by atoms with Crippen LogP contribution in [0.5, 0.6) is 0 Å². The molecule has 1 aromatic heterocycles. The van der Waals surface area contributed by atoms with E-state index in [1.165, 1.54) is 42.5 Å². The normalized spacial score (nSPS) is 14.9. The van der Waals surface area contributed by atoms with Gasteiger partial charge >= 0.3 is 6.18 Å². The number of aryl methyl sites for hydroxylation is 1. The van der Waals surface area contributed by atoms with Crippen LogP contribution in [-0.2, 0) is 21.1 Å². The first kappa shape index (κ1) is 21.0. The summed E-state index contributed by atoms with van der Waals surface area (Å²) in [6, 6.07) is 16.1. The molecular weight excluding hydrogens is 403 g/mol. The van der Waals surface area contributed by atoms with Crippen molar-refractivity contribution in [3.05, 3.63) is 84.1 Å². The molecule has 0 N–H and O–H groups in total. The molecule has 0 bridgehead atoms. The lowest BCUT2D eigenvalue weighted by molar-refractivity contribution is -0.254. The Balaban J connectivity index is 2.13. The van der Waals surface area contributed by atoms with E-state index in [0.29, 0.717) is 4.90 Å². The number of hydrogen-bond acceptors (Lipinski definition) is 3. The highest BCUT2D eigenvalue weighted by Crippen LogP contribution is 2.43. The number of carbonyl (C=O) groups is 1. The zero-order chi connectivity index (χ0) is 21.2. The van der Waals surface area contributed by atoms with Crippen LogP contribution in [0.2, 0.25) is 0 Å². The van der Waals surface area contributed by atoms with E-state index in [1.54, 1.807) is 24.3 Å². The molecule has 1 unspecified atom stereocenters. The molecule has 2 atom stereocenters. The van der Waals surface area contributed by atoms with Crippen LogP contribution in [0, 0.1) is 6.92 Å². The van der Waals surface area contributed by atoms with E-state index in [-0.39, 0.29) is 10.6 Å². The Labute approximate surface area is 168 Å². The zero-order valence-electron chi connectivity index (χ0n) is 15.6. The zero-order valence-corrected chi connectivity index (χ0v) is 16.5. The standard InChI is InChI=1S/C21H18F3NO3S/c1-15-10-12-17(13-11-15)29(27)18-9-6-14-25(18)19(26)20(28-2,21(22,23)24)16-7-4-3-5-8-16/h3-14H,1-2H3/t20-,29?/m0/s1. The molecule has 0 radical (unpaired) electrons. The van der Waals surface area contributed by atoms with Gasteiger partial charge in [-0.05, 0) is 31.2 Å². The number of halogens is 3. The molecule has 0 amide bonds. The number of aromatic nitrogens is 1. The average molecular weight is 421 g/mol. The summed E-state index contributed by atoms with van der Waals surface area (Å²) in [5.74, 6) is -1.39. The van der Waals surface area contributed by atoms with E-state index < -0.39 is 28.5 Å². The van der Waals surface area contributed by atoms with E-state index in [9.17, 15) is 22.2 Å². The molecule has 4 nitrogen and oxygen atoms in total. The van der Waals surface area contributed by atoms with Gasteiger partial charge in [0.2, 0.25) is 0 Å². The molecule has 0 saturated heterocycles. The lowest BCUT2D eigenvalue weighted by atomic mass is 9.91. The predicted octanol–water partition coefficient (Wildman–Crippen LogP) is 4.71. The fourth-order valence-electron chi connectivity index (χ4n) is 3.04. The summed E-state index contributed by atoms with van der Waals surface area (Å²) in [4.78, 5) is 13.6. The summed E-state index contributed by atoms with van der Waals surface area (Å²) in [6.45, 7) is 1.86. The van der Waals surface area contributed by atoms with Gasteiger partial charge in [-0.1, -0.05) is 48.0 Å². The highest BCUT2D eigenvalue weighted by atomic mass is 32.2. The molecule has 152 valence electrons. The summed E-state index contributed by atoms with van der Waals surface area (Å²) in [5, 5.41) is -0.0690. The van der Waals surface area contributed by atoms with Crippen LogP contribution in [-0.4, -0.2) is 28.0 Å². The molecule has 2 aromatic carbocycles. The third-order valence-electron chi connectivity index (χ3n) is 4.54. The van der Waals surface area contributed by atoms with Crippen LogP contribution in [0.25, 0.3) is 0 Å². The van der Waals surface area contributed by atoms with Gasteiger partial charge in [0.15, 0.2) is 0 Å². The van der Waals surface area contributed by atoms with Gasteiger partial charge in [-0.2, -0.15) is 13.2 Å². The van der Waals surface area contributed by atoms with Crippen molar-refractivity contribution in [1.29, 1.82) is 0 Å². The fraction of sp³-hybridized carbons (Fsp3) is 0.190. The van der Waals surface area contributed by atoms with Gasteiger partial charge in [0, 0.05) is 23.8 Å².